The standard InChI is InChI=1S/C19H24N2O3S/c1-13(2)16-8-6-7-9-18(16)20-19(22)17-12-15(11-10-14(17)3)25(23,24)21(4)5/h6-13H,1-5H3,(H,20,22). The Kier molecular flexibility index (Phi) is 5.65. The van der Waals surface area contributed by atoms with Crippen LogP contribution in [-0.2, 0) is 10.0 Å². The van der Waals surface area contributed by atoms with Crippen molar-refractivity contribution in [2.45, 2.75) is 31.6 Å². The van der Waals surface area contributed by atoms with Gasteiger partial charge in [-0.1, -0.05) is 38.1 Å². The van der Waals surface area contributed by atoms with Crippen molar-refractivity contribution in [3.8, 4) is 0 Å². The maximum Gasteiger partial charge on any atom is 0.255 e. The predicted molar refractivity (Wildman–Crippen MR) is 101 cm³/mol. The van der Waals surface area contributed by atoms with Gasteiger partial charge < -0.3 is 5.32 Å². The molecule has 0 aliphatic heterocycles. The van der Waals surface area contributed by atoms with Crippen LogP contribution in [-0.4, -0.2) is 32.7 Å². The average molecular weight is 360 g/mol. The van der Waals surface area contributed by atoms with E-state index in [9.17, 15) is 13.2 Å². The minimum atomic E-state index is -3.59. The Bertz CT molecular complexity index is 887. The summed E-state index contributed by atoms with van der Waals surface area (Å²) in [5.41, 5.74) is 2.84. The van der Waals surface area contributed by atoms with Crippen molar-refractivity contribution >= 4 is 21.6 Å². The summed E-state index contributed by atoms with van der Waals surface area (Å²) in [4.78, 5) is 12.8. The molecule has 5 nitrogen and oxygen atoms in total. The second kappa shape index (κ2) is 7.37. The van der Waals surface area contributed by atoms with Crippen molar-refractivity contribution in [1.82, 2.24) is 4.31 Å². The molecule has 2 aromatic carbocycles. The van der Waals surface area contributed by atoms with Crippen molar-refractivity contribution in [1.29, 1.82) is 0 Å². The molecule has 0 saturated carbocycles. The molecule has 0 saturated heterocycles. The number of benzene rings is 2. The maximum atomic E-state index is 12.7. The molecule has 0 radical (unpaired) electrons. The lowest BCUT2D eigenvalue weighted by molar-refractivity contribution is 0.102. The molecular formula is C19H24N2O3S. The molecule has 2 aromatic rings. The minimum absolute atomic E-state index is 0.102. The van der Waals surface area contributed by atoms with Crippen LogP contribution in [0.25, 0.3) is 0 Å². The zero-order chi connectivity index (χ0) is 18.8. The Hall–Kier alpha value is -2.18. The quantitative estimate of drug-likeness (QED) is 0.885. The monoisotopic (exact) mass is 360 g/mol. The predicted octanol–water partition coefficient (Wildman–Crippen LogP) is 3.62. The second-order valence-electron chi connectivity index (χ2n) is 6.46. The van der Waals surface area contributed by atoms with Crippen molar-refractivity contribution in [2.24, 2.45) is 0 Å². The number of para-hydroxylation sites is 1. The molecule has 134 valence electrons. The Morgan fingerprint density at radius 3 is 2.32 bits per heavy atom. The molecule has 0 fully saturated rings. The molecule has 0 aromatic heterocycles. The number of aryl methyl sites for hydroxylation is 1. The molecule has 0 unspecified atom stereocenters. The van der Waals surface area contributed by atoms with Gasteiger partial charge in [-0.05, 0) is 42.2 Å². The van der Waals surface area contributed by atoms with Gasteiger partial charge >= 0.3 is 0 Å². The van der Waals surface area contributed by atoms with Gasteiger partial charge in [-0.2, -0.15) is 0 Å². The van der Waals surface area contributed by atoms with Crippen LogP contribution in [0.1, 0.15) is 41.3 Å². The van der Waals surface area contributed by atoms with Gasteiger partial charge in [0.2, 0.25) is 10.0 Å². The van der Waals surface area contributed by atoms with Crippen LogP contribution in [0.5, 0.6) is 0 Å². The van der Waals surface area contributed by atoms with E-state index in [1.54, 1.807) is 13.0 Å². The number of rotatable bonds is 5. The van der Waals surface area contributed by atoms with E-state index in [-0.39, 0.29) is 16.7 Å². The summed E-state index contributed by atoms with van der Waals surface area (Å²) < 4.78 is 25.8. The zero-order valence-corrected chi connectivity index (χ0v) is 16.0. The van der Waals surface area contributed by atoms with E-state index in [1.165, 1.54) is 26.2 Å². The first-order valence-electron chi connectivity index (χ1n) is 8.08. The highest BCUT2D eigenvalue weighted by molar-refractivity contribution is 7.89. The first-order chi connectivity index (χ1) is 11.6. The molecule has 0 atom stereocenters. The van der Waals surface area contributed by atoms with Crippen LogP contribution >= 0.6 is 0 Å². The lowest BCUT2D eigenvalue weighted by atomic mass is 10.0. The van der Waals surface area contributed by atoms with Gasteiger partial charge in [-0.3, -0.25) is 4.79 Å². The van der Waals surface area contributed by atoms with E-state index in [4.69, 9.17) is 0 Å². The summed E-state index contributed by atoms with van der Waals surface area (Å²) >= 11 is 0. The van der Waals surface area contributed by atoms with E-state index in [2.05, 4.69) is 19.2 Å². The summed E-state index contributed by atoms with van der Waals surface area (Å²) in [6.07, 6.45) is 0. The van der Waals surface area contributed by atoms with Gasteiger partial charge in [0.1, 0.15) is 0 Å². The lowest BCUT2D eigenvalue weighted by Crippen LogP contribution is -2.23. The van der Waals surface area contributed by atoms with E-state index in [0.29, 0.717) is 5.56 Å². The van der Waals surface area contributed by atoms with Gasteiger partial charge in [0.25, 0.3) is 5.91 Å². The van der Waals surface area contributed by atoms with E-state index < -0.39 is 10.0 Å². The molecule has 0 bridgehead atoms. The highest BCUT2D eigenvalue weighted by Crippen LogP contribution is 2.25. The Morgan fingerprint density at radius 2 is 1.72 bits per heavy atom. The van der Waals surface area contributed by atoms with E-state index >= 15 is 0 Å². The molecule has 2 rings (SSSR count). The van der Waals surface area contributed by atoms with Gasteiger partial charge in [0.15, 0.2) is 0 Å². The molecule has 25 heavy (non-hydrogen) atoms. The molecule has 0 spiro atoms. The number of sulfonamides is 1. The van der Waals surface area contributed by atoms with Crippen LogP contribution in [0, 0.1) is 6.92 Å². The smallest absolute Gasteiger partial charge is 0.255 e. The Balaban J connectivity index is 2.41. The Labute approximate surface area is 149 Å². The highest BCUT2D eigenvalue weighted by Gasteiger charge is 2.20. The summed E-state index contributed by atoms with van der Waals surface area (Å²) in [5, 5.41) is 2.91. The fourth-order valence-electron chi connectivity index (χ4n) is 2.52. The van der Waals surface area contributed by atoms with Gasteiger partial charge in [0, 0.05) is 25.3 Å². The van der Waals surface area contributed by atoms with E-state index in [0.717, 1.165) is 21.1 Å². The summed E-state index contributed by atoms with van der Waals surface area (Å²) in [5.74, 6) is -0.0561. The van der Waals surface area contributed by atoms with Crippen LogP contribution in [0.15, 0.2) is 47.4 Å². The third-order valence-electron chi connectivity index (χ3n) is 4.06. The van der Waals surface area contributed by atoms with Crippen molar-refractivity contribution < 1.29 is 13.2 Å². The first-order valence-corrected chi connectivity index (χ1v) is 9.52. The van der Waals surface area contributed by atoms with Crippen molar-refractivity contribution in [2.75, 3.05) is 19.4 Å². The van der Waals surface area contributed by atoms with Gasteiger partial charge in [0.05, 0.1) is 4.90 Å². The molecule has 0 aliphatic carbocycles. The summed E-state index contributed by atoms with van der Waals surface area (Å²) in [6.45, 7) is 5.90. The Morgan fingerprint density at radius 1 is 1.08 bits per heavy atom. The largest absolute Gasteiger partial charge is 0.322 e. The van der Waals surface area contributed by atoms with Crippen LogP contribution < -0.4 is 5.32 Å². The summed E-state index contributed by atoms with van der Waals surface area (Å²) in [7, 11) is -0.659. The number of carbonyl (C=O) groups is 1. The first kappa shape index (κ1) is 19.1. The zero-order valence-electron chi connectivity index (χ0n) is 15.2. The van der Waals surface area contributed by atoms with E-state index in [1.807, 2.05) is 24.3 Å². The number of hydrogen-bond donors (Lipinski definition) is 1. The molecule has 1 N–H and O–H groups in total. The number of carbonyl (C=O) groups excluding carboxylic acids is 1. The maximum absolute atomic E-state index is 12.7. The van der Waals surface area contributed by atoms with Crippen molar-refractivity contribution in [3.63, 3.8) is 0 Å². The van der Waals surface area contributed by atoms with Crippen molar-refractivity contribution in [3.05, 3.63) is 59.2 Å². The van der Waals surface area contributed by atoms with Gasteiger partial charge in [-0.15, -0.1) is 0 Å². The summed E-state index contributed by atoms with van der Waals surface area (Å²) in [6, 6.07) is 12.2. The SMILES string of the molecule is Cc1ccc(S(=O)(=O)N(C)C)cc1C(=O)Nc1ccccc1C(C)C. The number of nitrogens with zero attached hydrogens (tertiary/aromatic N) is 1. The molecule has 0 aliphatic rings. The second-order valence-corrected chi connectivity index (χ2v) is 8.61. The van der Waals surface area contributed by atoms with Crippen LogP contribution in [0.2, 0.25) is 0 Å². The third kappa shape index (κ3) is 4.08. The normalized spacial score (nSPS) is 11.8. The molecule has 6 heteroatoms. The lowest BCUT2D eigenvalue weighted by Gasteiger charge is -2.16. The fraction of sp³-hybridized carbons (Fsp3) is 0.316. The topological polar surface area (TPSA) is 66.5 Å². The molecule has 1 amide bonds. The number of nitrogens with one attached hydrogen (secondary N) is 1. The fourth-order valence-corrected chi connectivity index (χ4v) is 3.45. The molecular weight excluding hydrogens is 336 g/mol. The third-order valence-corrected chi connectivity index (χ3v) is 5.87. The number of anilines is 1. The van der Waals surface area contributed by atoms with Crippen LogP contribution in [0.4, 0.5) is 5.69 Å². The highest BCUT2D eigenvalue weighted by atomic mass is 32.2. The molecule has 0 heterocycles. The average Bonchev–Trinajstić information content (AvgIpc) is 2.55. The van der Waals surface area contributed by atoms with Gasteiger partial charge in [-0.25, -0.2) is 12.7 Å². The number of hydrogen-bond acceptors (Lipinski definition) is 3. The number of amides is 1. The minimum Gasteiger partial charge on any atom is -0.322 e. The van der Waals surface area contributed by atoms with Crippen LogP contribution in [0.3, 0.4) is 0 Å².